The molecule has 172 valence electrons. The molecule has 0 spiro atoms. The summed E-state index contributed by atoms with van der Waals surface area (Å²) in [5, 5.41) is 14.8. The van der Waals surface area contributed by atoms with Gasteiger partial charge < -0.3 is 9.47 Å². The number of nitro benzene ring substituents is 1. The molecule has 0 aliphatic heterocycles. The minimum Gasteiger partial charge on any atom is -0.493 e. The Morgan fingerprint density at radius 2 is 1.70 bits per heavy atom. The predicted octanol–water partition coefficient (Wildman–Crippen LogP) is 6.32. The molecular formula is C26H29N3O4. The molecule has 3 aromatic carbocycles. The fourth-order valence-corrected chi connectivity index (χ4v) is 3.16. The number of non-ortho nitro benzene ring substituents is 1. The summed E-state index contributed by atoms with van der Waals surface area (Å²) in [7, 11) is 0. The highest BCUT2D eigenvalue weighted by atomic mass is 16.6. The van der Waals surface area contributed by atoms with E-state index in [1.165, 1.54) is 23.3 Å². The summed E-state index contributed by atoms with van der Waals surface area (Å²) < 4.78 is 11.8. The summed E-state index contributed by atoms with van der Waals surface area (Å²) in [5.41, 5.74) is 6.89. The van der Waals surface area contributed by atoms with Crippen molar-refractivity contribution in [1.29, 1.82) is 0 Å². The number of anilines is 1. The molecule has 1 N–H and O–H groups in total. The lowest BCUT2D eigenvalue weighted by atomic mass is 10.0. The van der Waals surface area contributed by atoms with Crippen LogP contribution in [0.5, 0.6) is 11.5 Å². The van der Waals surface area contributed by atoms with Gasteiger partial charge in [-0.1, -0.05) is 26.0 Å². The summed E-state index contributed by atoms with van der Waals surface area (Å²) in [5.74, 6) is 2.16. The van der Waals surface area contributed by atoms with Crippen molar-refractivity contribution in [3.8, 4) is 11.5 Å². The van der Waals surface area contributed by atoms with Crippen LogP contribution in [0.3, 0.4) is 0 Å². The fraction of sp³-hybridized carbons (Fsp3) is 0.269. The van der Waals surface area contributed by atoms with Crippen molar-refractivity contribution in [2.45, 2.75) is 33.1 Å². The lowest BCUT2D eigenvalue weighted by molar-refractivity contribution is -0.384. The van der Waals surface area contributed by atoms with E-state index in [1.807, 2.05) is 24.3 Å². The minimum atomic E-state index is -0.434. The number of nitro groups is 1. The van der Waals surface area contributed by atoms with E-state index in [2.05, 4.69) is 49.5 Å². The second-order valence-electron chi connectivity index (χ2n) is 7.99. The molecule has 0 saturated carbocycles. The SMILES string of the molecule is Cc1ccc(C(C)C)c(OCCCOc2ccc(/C=N\Nc3ccc([N+](=O)[O-])cc3)cc2)c1. The minimum absolute atomic E-state index is 0.0437. The second kappa shape index (κ2) is 11.7. The Labute approximate surface area is 194 Å². The van der Waals surface area contributed by atoms with Gasteiger partial charge >= 0.3 is 0 Å². The Morgan fingerprint density at radius 3 is 2.36 bits per heavy atom. The molecule has 0 radical (unpaired) electrons. The molecule has 0 amide bonds. The van der Waals surface area contributed by atoms with Crippen LogP contribution < -0.4 is 14.9 Å². The highest BCUT2D eigenvalue weighted by Crippen LogP contribution is 2.27. The van der Waals surface area contributed by atoms with Crippen molar-refractivity contribution < 1.29 is 14.4 Å². The summed E-state index contributed by atoms with van der Waals surface area (Å²) >= 11 is 0. The lowest BCUT2D eigenvalue weighted by Crippen LogP contribution is -2.06. The quantitative estimate of drug-likeness (QED) is 0.161. The number of nitrogens with zero attached hydrogens (tertiary/aromatic N) is 2. The second-order valence-corrected chi connectivity index (χ2v) is 7.99. The molecule has 0 bridgehead atoms. The first kappa shape index (κ1) is 23.8. The van der Waals surface area contributed by atoms with Crippen LogP contribution >= 0.6 is 0 Å². The first-order chi connectivity index (χ1) is 15.9. The molecule has 3 rings (SSSR count). The van der Waals surface area contributed by atoms with Gasteiger partial charge in [-0.2, -0.15) is 5.10 Å². The Bertz CT molecular complexity index is 1080. The summed E-state index contributed by atoms with van der Waals surface area (Å²) in [6, 6.07) is 20.0. The highest BCUT2D eigenvalue weighted by molar-refractivity contribution is 5.80. The first-order valence-electron chi connectivity index (χ1n) is 10.9. The maximum atomic E-state index is 10.7. The average molecular weight is 448 g/mol. The van der Waals surface area contributed by atoms with E-state index >= 15 is 0 Å². The molecule has 0 heterocycles. The van der Waals surface area contributed by atoms with E-state index in [0.29, 0.717) is 24.8 Å². The number of aryl methyl sites for hydroxylation is 1. The number of benzene rings is 3. The Kier molecular flexibility index (Phi) is 8.41. The van der Waals surface area contributed by atoms with E-state index in [-0.39, 0.29) is 5.69 Å². The largest absolute Gasteiger partial charge is 0.493 e. The average Bonchev–Trinajstić information content (AvgIpc) is 2.80. The van der Waals surface area contributed by atoms with Crippen molar-refractivity contribution in [3.63, 3.8) is 0 Å². The van der Waals surface area contributed by atoms with Crippen LogP contribution in [0.4, 0.5) is 11.4 Å². The standard InChI is InChI=1S/C26H29N3O4/c1-19(2)25-14-5-20(3)17-26(25)33-16-4-15-32-24-12-6-21(7-13-24)18-27-28-22-8-10-23(11-9-22)29(30)31/h5-14,17-19,28H,4,15-16H2,1-3H3/b27-18-. The smallest absolute Gasteiger partial charge is 0.269 e. The van der Waals surface area contributed by atoms with Crippen molar-refractivity contribution in [1.82, 2.24) is 0 Å². The molecule has 0 atom stereocenters. The molecule has 0 aliphatic carbocycles. The van der Waals surface area contributed by atoms with Gasteiger partial charge in [-0.15, -0.1) is 0 Å². The van der Waals surface area contributed by atoms with E-state index in [1.54, 1.807) is 18.3 Å². The fourth-order valence-electron chi connectivity index (χ4n) is 3.16. The van der Waals surface area contributed by atoms with Gasteiger partial charge in [-0.25, -0.2) is 0 Å². The van der Waals surface area contributed by atoms with E-state index in [0.717, 1.165) is 23.5 Å². The van der Waals surface area contributed by atoms with Gasteiger partial charge in [-0.05, 0) is 72.0 Å². The van der Waals surface area contributed by atoms with Crippen LogP contribution in [0, 0.1) is 17.0 Å². The van der Waals surface area contributed by atoms with Crippen LogP contribution in [0.25, 0.3) is 0 Å². The molecule has 33 heavy (non-hydrogen) atoms. The lowest BCUT2D eigenvalue weighted by Gasteiger charge is -2.15. The number of hydrogen-bond donors (Lipinski definition) is 1. The van der Waals surface area contributed by atoms with Gasteiger partial charge in [-0.3, -0.25) is 15.5 Å². The number of nitrogens with one attached hydrogen (secondary N) is 1. The third-order valence-corrected chi connectivity index (χ3v) is 4.97. The molecule has 7 nitrogen and oxygen atoms in total. The molecule has 0 fully saturated rings. The van der Waals surface area contributed by atoms with Crippen LogP contribution in [0.2, 0.25) is 0 Å². The number of hydrazone groups is 1. The third-order valence-electron chi connectivity index (χ3n) is 4.97. The molecule has 3 aromatic rings. The van der Waals surface area contributed by atoms with Crippen molar-refractivity contribution in [3.05, 3.63) is 93.5 Å². The van der Waals surface area contributed by atoms with Crippen molar-refractivity contribution in [2.75, 3.05) is 18.6 Å². The molecule has 0 aromatic heterocycles. The summed E-state index contributed by atoms with van der Waals surface area (Å²) in [6.45, 7) is 7.57. The number of hydrogen-bond acceptors (Lipinski definition) is 6. The molecule has 0 unspecified atom stereocenters. The zero-order valence-electron chi connectivity index (χ0n) is 19.2. The van der Waals surface area contributed by atoms with E-state index in [9.17, 15) is 10.1 Å². The Hall–Kier alpha value is -3.87. The summed E-state index contributed by atoms with van der Waals surface area (Å²) in [4.78, 5) is 10.2. The molecule has 0 aliphatic rings. The molecular weight excluding hydrogens is 418 g/mol. The molecule has 7 heteroatoms. The van der Waals surface area contributed by atoms with Gasteiger partial charge in [0.05, 0.1) is 30.0 Å². The Morgan fingerprint density at radius 1 is 1.00 bits per heavy atom. The first-order valence-corrected chi connectivity index (χ1v) is 10.9. The number of ether oxygens (including phenoxy) is 2. The highest BCUT2D eigenvalue weighted by Gasteiger charge is 2.08. The van der Waals surface area contributed by atoms with E-state index < -0.39 is 4.92 Å². The van der Waals surface area contributed by atoms with Gasteiger partial charge in [0.15, 0.2) is 0 Å². The third kappa shape index (κ3) is 7.35. The van der Waals surface area contributed by atoms with Crippen LogP contribution in [-0.2, 0) is 0 Å². The zero-order chi connectivity index (χ0) is 23.6. The predicted molar refractivity (Wildman–Crippen MR) is 132 cm³/mol. The summed E-state index contributed by atoms with van der Waals surface area (Å²) in [6.07, 6.45) is 2.46. The Balaban J connectivity index is 1.40. The van der Waals surface area contributed by atoms with Gasteiger partial charge in [0.2, 0.25) is 0 Å². The van der Waals surface area contributed by atoms with Crippen LogP contribution in [0.1, 0.15) is 42.9 Å². The monoisotopic (exact) mass is 447 g/mol. The van der Waals surface area contributed by atoms with Crippen LogP contribution in [0.15, 0.2) is 71.8 Å². The maximum absolute atomic E-state index is 10.7. The van der Waals surface area contributed by atoms with Crippen molar-refractivity contribution in [2.24, 2.45) is 5.10 Å². The van der Waals surface area contributed by atoms with Gasteiger partial charge in [0.1, 0.15) is 11.5 Å². The van der Waals surface area contributed by atoms with Gasteiger partial charge in [0.25, 0.3) is 5.69 Å². The topological polar surface area (TPSA) is 86.0 Å². The number of rotatable bonds is 11. The van der Waals surface area contributed by atoms with Crippen molar-refractivity contribution >= 4 is 17.6 Å². The van der Waals surface area contributed by atoms with E-state index in [4.69, 9.17) is 9.47 Å². The zero-order valence-corrected chi connectivity index (χ0v) is 19.2. The molecule has 0 saturated heterocycles. The van der Waals surface area contributed by atoms with Crippen LogP contribution in [-0.4, -0.2) is 24.4 Å². The van der Waals surface area contributed by atoms with Gasteiger partial charge in [0, 0.05) is 18.6 Å². The normalized spacial score (nSPS) is 11.0. The maximum Gasteiger partial charge on any atom is 0.269 e.